The number of anilines is 2. The molecule has 0 saturated heterocycles. The number of nitrogens with one attached hydrogen (secondary N) is 2. The van der Waals surface area contributed by atoms with E-state index < -0.39 is 10.0 Å². The van der Waals surface area contributed by atoms with Gasteiger partial charge >= 0.3 is 0 Å². The van der Waals surface area contributed by atoms with Gasteiger partial charge in [0.25, 0.3) is 5.91 Å². The maximum Gasteiger partial charge on any atom is 0.267 e. The lowest BCUT2D eigenvalue weighted by Gasteiger charge is -2.03. The van der Waals surface area contributed by atoms with Gasteiger partial charge in [-0.25, -0.2) is 13.4 Å². The van der Waals surface area contributed by atoms with Gasteiger partial charge in [-0.05, 0) is 53.8 Å². The number of carbonyl (C=O) groups excluding carboxylic acids is 1. The molecule has 2 aromatic rings. The molecule has 0 bridgehead atoms. The molecule has 0 radical (unpaired) electrons. The number of halogens is 1. The van der Waals surface area contributed by atoms with E-state index in [2.05, 4.69) is 37.6 Å². The highest BCUT2D eigenvalue weighted by molar-refractivity contribution is 14.1. The van der Waals surface area contributed by atoms with Crippen LogP contribution in [0.1, 0.15) is 15.4 Å². The van der Waals surface area contributed by atoms with E-state index in [1.807, 2.05) is 12.1 Å². The second kappa shape index (κ2) is 6.28. The molecule has 112 valence electrons. The Labute approximate surface area is 140 Å². The molecule has 0 spiro atoms. The van der Waals surface area contributed by atoms with Crippen LogP contribution in [0.2, 0.25) is 0 Å². The van der Waals surface area contributed by atoms with Gasteiger partial charge in [0.1, 0.15) is 4.88 Å². The van der Waals surface area contributed by atoms with Crippen LogP contribution >= 0.6 is 33.9 Å². The minimum Gasteiger partial charge on any atom is -0.321 e. The SMILES string of the molecule is Cc1nc(NS(C)(=O)=O)sc1C(=O)Nc1ccc(I)cc1. The molecule has 1 aromatic heterocycles. The monoisotopic (exact) mass is 437 g/mol. The van der Waals surface area contributed by atoms with Crippen LogP contribution in [0.15, 0.2) is 24.3 Å². The number of thiazole rings is 1. The van der Waals surface area contributed by atoms with Gasteiger partial charge in [-0.2, -0.15) is 0 Å². The molecule has 0 aliphatic carbocycles. The molecule has 0 aliphatic rings. The summed E-state index contributed by atoms with van der Waals surface area (Å²) >= 11 is 3.18. The number of amides is 1. The van der Waals surface area contributed by atoms with Crippen molar-refractivity contribution in [2.45, 2.75) is 6.92 Å². The van der Waals surface area contributed by atoms with Gasteiger partial charge in [0.05, 0.1) is 11.9 Å². The number of carbonyl (C=O) groups is 1. The average molecular weight is 437 g/mol. The number of hydrogen-bond acceptors (Lipinski definition) is 5. The Morgan fingerprint density at radius 3 is 2.48 bits per heavy atom. The van der Waals surface area contributed by atoms with Gasteiger partial charge in [0.15, 0.2) is 5.13 Å². The highest BCUT2D eigenvalue weighted by Crippen LogP contribution is 2.24. The summed E-state index contributed by atoms with van der Waals surface area (Å²) in [6.45, 7) is 1.66. The summed E-state index contributed by atoms with van der Waals surface area (Å²) < 4.78 is 25.7. The molecule has 0 unspecified atom stereocenters. The molecule has 0 aliphatic heterocycles. The Balaban J connectivity index is 2.17. The lowest BCUT2D eigenvalue weighted by molar-refractivity contribution is 0.103. The first-order valence-corrected chi connectivity index (χ1v) is 9.55. The quantitative estimate of drug-likeness (QED) is 0.721. The molecule has 0 fully saturated rings. The van der Waals surface area contributed by atoms with Crippen molar-refractivity contribution in [1.29, 1.82) is 0 Å². The number of nitrogens with zero attached hydrogens (tertiary/aromatic N) is 1. The number of sulfonamides is 1. The molecule has 0 atom stereocenters. The van der Waals surface area contributed by atoms with E-state index in [1.165, 1.54) is 0 Å². The van der Waals surface area contributed by atoms with Crippen LogP contribution in [0.4, 0.5) is 10.8 Å². The maximum absolute atomic E-state index is 12.2. The highest BCUT2D eigenvalue weighted by atomic mass is 127. The zero-order valence-electron chi connectivity index (χ0n) is 11.2. The predicted molar refractivity (Wildman–Crippen MR) is 92.4 cm³/mol. The maximum atomic E-state index is 12.2. The Hall–Kier alpha value is -1.20. The molecule has 9 heteroatoms. The topological polar surface area (TPSA) is 88.2 Å². The first kappa shape index (κ1) is 16.2. The third kappa shape index (κ3) is 4.64. The van der Waals surface area contributed by atoms with Gasteiger partial charge < -0.3 is 5.32 Å². The minimum atomic E-state index is -3.40. The smallest absolute Gasteiger partial charge is 0.267 e. The van der Waals surface area contributed by atoms with Gasteiger partial charge in [0, 0.05) is 9.26 Å². The summed E-state index contributed by atoms with van der Waals surface area (Å²) in [6, 6.07) is 7.36. The van der Waals surface area contributed by atoms with E-state index in [4.69, 9.17) is 0 Å². The molecular formula is C12H12IN3O3S2. The first-order chi connectivity index (χ1) is 9.74. The van der Waals surface area contributed by atoms with Crippen LogP contribution in [0.25, 0.3) is 0 Å². The lowest BCUT2D eigenvalue weighted by Crippen LogP contribution is -2.11. The van der Waals surface area contributed by atoms with E-state index >= 15 is 0 Å². The summed E-state index contributed by atoms with van der Waals surface area (Å²) in [5.41, 5.74) is 1.15. The second-order valence-corrected chi connectivity index (χ2v) is 8.26. The third-order valence-corrected chi connectivity index (χ3v) is 4.86. The number of benzene rings is 1. The Bertz CT molecular complexity index is 770. The van der Waals surface area contributed by atoms with E-state index in [0.29, 0.717) is 16.3 Å². The van der Waals surface area contributed by atoms with Crippen molar-refractivity contribution in [3.63, 3.8) is 0 Å². The van der Waals surface area contributed by atoms with E-state index in [-0.39, 0.29) is 11.0 Å². The second-order valence-electron chi connectivity index (χ2n) is 4.27. The van der Waals surface area contributed by atoms with Gasteiger partial charge in [-0.1, -0.05) is 11.3 Å². The van der Waals surface area contributed by atoms with Crippen molar-refractivity contribution in [2.75, 3.05) is 16.3 Å². The summed E-state index contributed by atoms with van der Waals surface area (Å²) in [5.74, 6) is -0.312. The first-order valence-electron chi connectivity index (χ1n) is 5.77. The summed E-state index contributed by atoms with van der Waals surface area (Å²) in [4.78, 5) is 16.6. The molecule has 2 N–H and O–H groups in total. The number of aryl methyl sites for hydroxylation is 1. The predicted octanol–water partition coefficient (Wildman–Crippen LogP) is 2.68. The normalized spacial score (nSPS) is 11.2. The Morgan fingerprint density at radius 1 is 1.29 bits per heavy atom. The van der Waals surface area contributed by atoms with Gasteiger partial charge in [-0.3, -0.25) is 9.52 Å². The summed E-state index contributed by atoms with van der Waals surface area (Å²) in [6.07, 6.45) is 1.04. The van der Waals surface area contributed by atoms with Crippen LogP contribution in [-0.4, -0.2) is 25.6 Å². The Kier molecular flexibility index (Phi) is 4.84. The largest absolute Gasteiger partial charge is 0.321 e. The summed E-state index contributed by atoms with van der Waals surface area (Å²) in [5, 5.41) is 2.94. The van der Waals surface area contributed by atoms with E-state index in [9.17, 15) is 13.2 Å². The van der Waals surface area contributed by atoms with Crippen molar-refractivity contribution in [3.8, 4) is 0 Å². The molecule has 2 rings (SSSR count). The molecule has 1 aromatic carbocycles. The van der Waals surface area contributed by atoms with Crippen LogP contribution in [0.5, 0.6) is 0 Å². The van der Waals surface area contributed by atoms with Crippen molar-refractivity contribution in [2.24, 2.45) is 0 Å². The fraction of sp³-hybridized carbons (Fsp3) is 0.167. The number of aromatic nitrogens is 1. The lowest BCUT2D eigenvalue weighted by atomic mass is 10.3. The zero-order valence-corrected chi connectivity index (χ0v) is 15.0. The van der Waals surface area contributed by atoms with Crippen molar-refractivity contribution in [1.82, 2.24) is 4.98 Å². The highest BCUT2D eigenvalue weighted by Gasteiger charge is 2.17. The number of rotatable bonds is 4. The van der Waals surface area contributed by atoms with E-state index in [0.717, 1.165) is 21.2 Å². The molecular weight excluding hydrogens is 425 g/mol. The van der Waals surface area contributed by atoms with E-state index in [1.54, 1.807) is 19.1 Å². The van der Waals surface area contributed by atoms with Crippen LogP contribution in [0.3, 0.4) is 0 Å². The molecule has 0 saturated carbocycles. The van der Waals surface area contributed by atoms with Gasteiger partial charge in [-0.15, -0.1) is 0 Å². The third-order valence-electron chi connectivity index (χ3n) is 2.38. The number of hydrogen-bond donors (Lipinski definition) is 2. The van der Waals surface area contributed by atoms with Gasteiger partial charge in [0.2, 0.25) is 10.0 Å². The standard InChI is InChI=1S/C12H12IN3O3S2/c1-7-10(20-12(14-7)16-21(2,18)19)11(17)15-9-5-3-8(13)4-6-9/h3-6H,1-2H3,(H,14,16)(H,15,17). The molecule has 1 heterocycles. The molecule has 6 nitrogen and oxygen atoms in total. The Morgan fingerprint density at radius 2 is 1.90 bits per heavy atom. The van der Waals surface area contributed by atoms with Crippen molar-refractivity contribution in [3.05, 3.63) is 38.4 Å². The fourth-order valence-corrected chi connectivity index (χ4v) is 3.59. The van der Waals surface area contributed by atoms with Crippen LogP contribution in [0, 0.1) is 10.5 Å². The zero-order chi connectivity index (χ0) is 15.6. The van der Waals surface area contributed by atoms with Crippen molar-refractivity contribution < 1.29 is 13.2 Å². The fourth-order valence-electron chi connectivity index (χ4n) is 1.53. The average Bonchev–Trinajstić information content (AvgIpc) is 2.70. The minimum absolute atomic E-state index is 0.183. The molecule has 1 amide bonds. The van der Waals surface area contributed by atoms with Crippen molar-refractivity contribution >= 4 is 60.7 Å². The summed E-state index contributed by atoms with van der Waals surface area (Å²) in [7, 11) is -3.40. The molecule has 21 heavy (non-hydrogen) atoms. The van der Waals surface area contributed by atoms with Crippen LogP contribution < -0.4 is 10.0 Å². The van der Waals surface area contributed by atoms with Crippen LogP contribution in [-0.2, 0) is 10.0 Å².